The van der Waals surface area contributed by atoms with E-state index in [1.807, 2.05) is 18.4 Å². The quantitative estimate of drug-likeness (QED) is 0.751. The summed E-state index contributed by atoms with van der Waals surface area (Å²) in [7, 11) is 0. The van der Waals surface area contributed by atoms with Gasteiger partial charge in [0.2, 0.25) is 0 Å². The van der Waals surface area contributed by atoms with Crippen molar-refractivity contribution in [2.75, 3.05) is 6.26 Å². The molecule has 1 aliphatic carbocycles. The van der Waals surface area contributed by atoms with Gasteiger partial charge in [-0.15, -0.1) is 11.8 Å². The van der Waals surface area contributed by atoms with Gasteiger partial charge in [0, 0.05) is 6.20 Å². The number of rotatable bonds is 3. The molecule has 1 aromatic heterocycles. The highest BCUT2D eigenvalue weighted by Gasteiger charge is 2.30. The maximum absolute atomic E-state index is 9.78. The van der Waals surface area contributed by atoms with Gasteiger partial charge in [0.15, 0.2) is 0 Å². The predicted octanol–water partition coefficient (Wildman–Crippen LogP) is 2.25. The molecule has 0 amide bonds. The fourth-order valence-electron chi connectivity index (χ4n) is 1.37. The predicted molar refractivity (Wildman–Crippen MR) is 53.7 cm³/mol. The van der Waals surface area contributed by atoms with Gasteiger partial charge in [-0.25, -0.2) is 4.98 Å². The van der Waals surface area contributed by atoms with Crippen molar-refractivity contribution in [2.45, 2.75) is 24.0 Å². The van der Waals surface area contributed by atoms with Crippen molar-refractivity contribution in [3.8, 4) is 0 Å². The normalized spacial score (nSPS) is 18.6. The summed E-state index contributed by atoms with van der Waals surface area (Å²) >= 11 is 1.62. The molecule has 1 saturated carbocycles. The molecule has 0 bridgehead atoms. The van der Waals surface area contributed by atoms with Gasteiger partial charge in [-0.05, 0) is 36.6 Å². The van der Waals surface area contributed by atoms with E-state index in [1.165, 1.54) is 0 Å². The molecule has 2 rings (SSSR count). The minimum Gasteiger partial charge on any atom is -0.388 e. The molecule has 1 aliphatic rings. The van der Waals surface area contributed by atoms with Crippen molar-refractivity contribution in [1.82, 2.24) is 4.98 Å². The maximum atomic E-state index is 9.78. The smallest absolute Gasteiger partial charge is 0.0957 e. The van der Waals surface area contributed by atoms with Crippen molar-refractivity contribution in [2.24, 2.45) is 5.92 Å². The van der Waals surface area contributed by atoms with Crippen LogP contribution in [0, 0.1) is 5.92 Å². The van der Waals surface area contributed by atoms with Gasteiger partial charge in [0.25, 0.3) is 0 Å². The van der Waals surface area contributed by atoms with Crippen LogP contribution in [0.15, 0.2) is 23.4 Å². The summed E-state index contributed by atoms with van der Waals surface area (Å²) in [6.45, 7) is 0. The average Bonchev–Trinajstić information content (AvgIpc) is 3.00. The first-order chi connectivity index (χ1) is 6.31. The second kappa shape index (κ2) is 3.68. The SMILES string of the molecule is CSc1ccc(C(O)C2CC2)cn1. The number of aromatic nitrogens is 1. The minimum absolute atomic E-state index is 0.289. The Balaban J connectivity index is 2.11. The molecule has 70 valence electrons. The van der Waals surface area contributed by atoms with E-state index >= 15 is 0 Å². The van der Waals surface area contributed by atoms with E-state index in [0.717, 1.165) is 23.4 Å². The molecule has 1 unspecified atom stereocenters. The first-order valence-electron chi connectivity index (χ1n) is 4.49. The zero-order valence-corrected chi connectivity index (χ0v) is 8.42. The summed E-state index contributed by atoms with van der Waals surface area (Å²) < 4.78 is 0. The van der Waals surface area contributed by atoms with Crippen LogP contribution in [0.1, 0.15) is 24.5 Å². The van der Waals surface area contributed by atoms with Crippen LogP contribution in [0.5, 0.6) is 0 Å². The second-order valence-corrected chi connectivity index (χ2v) is 4.24. The average molecular weight is 195 g/mol. The summed E-state index contributed by atoms with van der Waals surface area (Å²) in [5, 5.41) is 10.8. The Morgan fingerprint density at radius 3 is 2.77 bits per heavy atom. The van der Waals surface area contributed by atoms with Crippen LogP contribution in [0.2, 0.25) is 0 Å². The van der Waals surface area contributed by atoms with E-state index in [9.17, 15) is 5.11 Å². The largest absolute Gasteiger partial charge is 0.388 e. The Morgan fingerprint density at radius 2 is 2.31 bits per heavy atom. The van der Waals surface area contributed by atoms with E-state index in [0.29, 0.717) is 5.92 Å². The molecule has 0 radical (unpaired) electrons. The highest BCUT2D eigenvalue weighted by atomic mass is 32.2. The molecule has 1 heterocycles. The molecule has 0 aliphatic heterocycles. The number of pyridine rings is 1. The van der Waals surface area contributed by atoms with Crippen molar-refractivity contribution in [1.29, 1.82) is 0 Å². The van der Waals surface area contributed by atoms with Crippen LogP contribution in [0.25, 0.3) is 0 Å². The minimum atomic E-state index is -0.289. The molecule has 2 nitrogen and oxygen atoms in total. The third-order valence-electron chi connectivity index (χ3n) is 2.38. The third-order valence-corrected chi connectivity index (χ3v) is 3.04. The number of nitrogens with zero attached hydrogens (tertiary/aromatic N) is 1. The van der Waals surface area contributed by atoms with Crippen LogP contribution in [0.3, 0.4) is 0 Å². The molecule has 0 aromatic carbocycles. The topological polar surface area (TPSA) is 33.1 Å². The monoisotopic (exact) mass is 195 g/mol. The molecule has 1 atom stereocenters. The molecule has 1 aromatic rings. The highest BCUT2D eigenvalue weighted by molar-refractivity contribution is 7.98. The first kappa shape index (κ1) is 9.03. The Hall–Kier alpha value is -0.540. The van der Waals surface area contributed by atoms with E-state index in [1.54, 1.807) is 18.0 Å². The molecule has 0 saturated heterocycles. The molecule has 0 spiro atoms. The van der Waals surface area contributed by atoms with Crippen LogP contribution in [0.4, 0.5) is 0 Å². The van der Waals surface area contributed by atoms with Crippen LogP contribution in [-0.2, 0) is 0 Å². The van der Waals surface area contributed by atoms with E-state index in [-0.39, 0.29) is 6.10 Å². The Bertz CT molecular complexity index is 281. The zero-order valence-electron chi connectivity index (χ0n) is 7.60. The Morgan fingerprint density at radius 1 is 1.54 bits per heavy atom. The van der Waals surface area contributed by atoms with Gasteiger partial charge in [-0.1, -0.05) is 6.07 Å². The van der Waals surface area contributed by atoms with Gasteiger partial charge in [0.05, 0.1) is 11.1 Å². The Labute approximate surface area is 82.4 Å². The van der Waals surface area contributed by atoms with Crippen LogP contribution < -0.4 is 0 Å². The molecule has 3 heteroatoms. The molecular weight excluding hydrogens is 182 g/mol. The van der Waals surface area contributed by atoms with Gasteiger partial charge in [-0.3, -0.25) is 0 Å². The summed E-state index contributed by atoms with van der Waals surface area (Å²) in [5.74, 6) is 0.488. The van der Waals surface area contributed by atoms with Gasteiger partial charge < -0.3 is 5.11 Å². The zero-order chi connectivity index (χ0) is 9.26. The second-order valence-electron chi connectivity index (χ2n) is 3.42. The van der Waals surface area contributed by atoms with Crippen LogP contribution in [-0.4, -0.2) is 16.3 Å². The van der Waals surface area contributed by atoms with Gasteiger partial charge in [-0.2, -0.15) is 0 Å². The van der Waals surface area contributed by atoms with E-state index in [2.05, 4.69) is 4.98 Å². The molecular formula is C10H13NOS. The van der Waals surface area contributed by atoms with Crippen molar-refractivity contribution >= 4 is 11.8 Å². The number of hydrogen-bond donors (Lipinski definition) is 1. The number of thioether (sulfide) groups is 1. The lowest BCUT2D eigenvalue weighted by Crippen LogP contribution is -1.99. The van der Waals surface area contributed by atoms with Gasteiger partial charge >= 0.3 is 0 Å². The summed E-state index contributed by atoms with van der Waals surface area (Å²) in [6, 6.07) is 3.94. The molecule has 1 N–H and O–H groups in total. The number of aliphatic hydroxyl groups excluding tert-OH is 1. The summed E-state index contributed by atoms with van der Waals surface area (Å²) in [4.78, 5) is 4.23. The highest BCUT2D eigenvalue weighted by Crippen LogP contribution is 2.40. The first-order valence-corrected chi connectivity index (χ1v) is 5.71. The fraction of sp³-hybridized carbons (Fsp3) is 0.500. The van der Waals surface area contributed by atoms with Crippen molar-refractivity contribution in [3.63, 3.8) is 0 Å². The van der Waals surface area contributed by atoms with Crippen molar-refractivity contribution < 1.29 is 5.11 Å². The lowest BCUT2D eigenvalue weighted by atomic mass is 10.1. The summed E-state index contributed by atoms with van der Waals surface area (Å²) in [6.07, 6.45) is 5.81. The lowest BCUT2D eigenvalue weighted by molar-refractivity contribution is 0.153. The molecule has 13 heavy (non-hydrogen) atoms. The number of aliphatic hydroxyl groups is 1. The lowest BCUT2D eigenvalue weighted by Gasteiger charge is -2.08. The molecule has 1 fully saturated rings. The maximum Gasteiger partial charge on any atom is 0.0957 e. The fourth-order valence-corrected chi connectivity index (χ4v) is 1.73. The standard InChI is InChI=1S/C10H13NOS/c1-13-9-5-4-8(6-11-9)10(12)7-2-3-7/h4-7,10,12H,2-3H2,1H3. The van der Waals surface area contributed by atoms with E-state index < -0.39 is 0 Å². The Kier molecular flexibility index (Phi) is 2.56. The summed E-state index contributed by atoms with van der Waals surface area (Å²) in [5.41, 5.74) is 0.959. The van der Waals surface area contributed by atoms with E-state index in [4.69, 9.17) is 0 Å². The third kappa shape index (κ3) is 2.03. The van der Waals surface area contributed by atoms with Gasteiger partial charge in [0.1, 0.15) is 0 Å². The van der Waals surface area contributed by atoms with Crippen LogP contribution >= 0.6 is 11.8 Å². The number of hydrogen-bond acceptors (Lipinski definition) is 3. The van der Waals surface area contributed by atoms with Crippen molar-refractivity contribution in [3.05, 3.63) is 23.9 Å².